The second-order valence-electron chi connectivity index (χ2n) is 5.56. The summed E-state index contributed by atoms with van der Waals surface area (Å²) in [5, 5.41) is 0. The Bertz CT molecular complexity index is 684. The molecule has 1 aromatic heterocycles. The van der Waals surface area contributed by atoms with E-state index in [1.165, 1.54) is 0 Å². The molecule has 2 aromatic rings. The number of amides is 1. The monoisotopic (exact) mass is 303 g/mol. The fourth-order valence-corrected chi connectivity index (χ4v) is 2.59. The molecule has 7 nitrogen and oxygen atoms in total. The summed E-state index contributed by atoms with van der Waals surface area (Å²) in [6.07, 6.45) is 0.0981. The van der Waals surface area contributed by atoms with E-state index in [0.717, 1.165) is 19.7 Å². The number of ether oxygens (including phenoxy) is 1. The molecule has 1 unspecified atom stereocenters. The molecule has 117 valence electrons. The molecule has 2 N–H and O–H groups in total. The number of morpholine rings is 1. The third-order valence-corrected chi connectivity index (χ3v) is 3.73. The van der Waals surface area contributed by atoms with Crippen molar-refractivity contribution in [3.63, 3.8) is 0 Å². The highest BCUT2D eigenvalue weighted by Gasteiger charge is 2.22. The van der Waals surface area contributed by atoms with E-state index in [0.29, 0.717) is 23.7 Å². The quantitative estimate of drug-likeness (QED) is 0.885. The molecule has 1 atom stereocenters. The molecule has 1 aliphatic rings. The minimum atomic E-state index is -0.564. The molecular formula is C15H19N4O3. The summed E-state index contributed by atoms with van der Waals surface area (Å²) in [7, 11) is 3.96. The number of hydrogen-bond donors (Lipinski definition) is 1. The molecule has 1 fully saturated rings. The molecule has 22 heavy (non-hydrogen) atoms. The Balaban J connectivity index is 1.80. The lowest BCUT2D eigenvalue weighted by Gasteiger charge is -2.32. The molecule has 0 aliphatic carbocycles. The van der Waals surface area contributed by atoms with Crippen LogP contribution in [0.5, 0.6) is 0 Å². The van der Waals surface area contributed by atoms with Crippen LogP contribution < -0.4 is 10.6 Å². The molecule has 3 rings (SSSR count). The molecule has 1 radical (unpaired) electrons. The Morgan fingerprint density at radius 2 is 2.45 bits per heavy atom. The van der Waals surface area contributed by atoms with Crippen LogP contribution in [0, 0.1) is 6.07 Å². The zero-order valence-electron chi connectivity index (χ0n) is 12.7. The number of likely N-dealkylation sites (N-methyl/N-ethyl adjacent to an activating group) is 2. The van der Waals surface area contributed by atoms with E-state index in [-0.39, 0.29) is 11.7 Å². The van der Waals surface area contributed by atoms with Gasteiger partial charge in [-0.1, -0.05) is 0 Å². The summed E-state index contributed by atoms with van der Waals surface area (Å²) in [6.45, 7) is 3.20. The van der Waals surface area contributed by atoms with E-state index in [1.54, 1.807) is 12.1 Å². The fourth-order valence-electron chi connectivity index (χ4n) is 2.59. The molecule has 1 amide bonds. The van der Waals surface area contributed by atoms with Gasteiger partial charge in [-0.25, -0.2) is 0 Å². The van der Waals surface area contributed by atoms with Gasteiger partial charge in [-0.2, -0.15) is 4.98 Å². The molecular weight excluding hydrogens is 284 g/mol. The fraction of sp³-hybridized carbons (Fsp3) is 0.467. The minimum absolute atomic E-state index is 0.0981. The topological polar surface area (TPSA) is 84.8 Å². The van der Waals surface area contributed by atoms with Crippen LogP contribution in [-0.2, 0) is 4.74 Å². The molecule has 1 saturated heterocycles. The molecule has 0 spiro atoms. The molecule has 1 aromatic carbocycles. The van der Waals surface area contributed by atoms with Gasteiger partial charge in [-0.15, -0.1) is 0 Å². The Kier molecular flexibility index (Phi) is 4.00. The van der Waals surface area contributed by atoms with Crippen molar-refractivity contribution in [3.8, 4) is 0 Å². The van der Waals surface area contributed by atoms with E-state index in [9.17, 15) is 4.79 Å². The van der Waals surface area contributed by atoms with Crippen LogP contribution in [0.15, 0.2) is 16.5 Å². The number of oxazole rings is 1. The normalized spacial score (nSPS) is 19.5. The number of aromatic nitrogens is 1. The van der Waals surface area contributed by atoms with Gasteiger partial charge in [0.05, 0.1) is 18.3 Å². The number of benzene rings is 1. The highest BCUT2D eigenvalue weighted by atomic mass is 16.5. The summed E-state index contributed by atoms with van der Waals surface area (Å²) in [5.41, 5.74) is 6.55. The third-order valence-electron chi connectivity index (χ3n) is 3.73. The van der Waals surface area contributed by atoms with Crippen LogP contribution in [0.3, 0.4) is 0 Å². The lowest BCUT2D eigenvalue weighted by Crippen LogP contribution is -2.45. The average molecular weight is 303 g/mol. The van der Waals surface area contributed by atoms with Gasteiger partial charge in [0, 0.05) is 26.7 Å². The molecule has 7 heteroatoms. The van der Waals surface area contributed by atoms with Crippen molar-refractivity contribution in [3.05, 3.63) is 23.8 Å². The Hall–Kier alpha value is -2.12. The van der Waals surface area contributed by atoms with Gasteiger partial charge in [-0.3, -0.25) is 4.79 Å². The van der Waals surface area contributed by atoms with E-state index in [2.05, 4.69) is 23.0 Å². The summed E-state index contributed by atoms with van der Waals surface area (Å²) in [6, 6.07) is 6.57. The highest BCUT2D eigenvalue weighted by Crippen LogP contribution is 2.24. The third kappa shape index (κ3) is 2.90. The van der Waals surface area contributed by atoms with Crippen molar-refractivity contribution in [1.82, 2.24) is 9.88 Å². The standard InChI is InChI=1S/C15H19N4O3/c1-18-6-7-21-10(8-18)9-19(2)15-17-13-11(14(16)20)4-3-5-12(13)22-15/h3,5,10H,6-9H2,1-2H3,(H2,16,20). The van der Waals surface area contributed by atoms with E-state index < -0.39 is 5.91 Å². The van der Waals surface area contributed by atoms with Crippen LogP contribution in [0.4, 0.5) is 6.01 Å². The maximum atomic E-state index is 11.4. The Morgan fingerprint density at radius 1 is 1.64 bits per heavy atom. The van der Waals surface area contributed by atoms with Crippen molar-refractivity contribution < 1.29 is 13.9 Å². The zero-order chi connectivity index (χ0) is 15.7. The molecule has 2 heterocycles. The number of nitrogens with zero attached hydrogens (tertiary/aromatic N) is 3. The number of rotatable bonds is 4. The lowest BCUT2D eigenvalue weighted by molar-refractivity contribution is -0.0146. The number of fused-ring (bicyclic) bond motifs is 1. The first kappa shape index (κ1) is 14.8. The van der Waals surface area contributed by atoms with E-state index in [1.807, 2.05) is 11.9 Å². The van der Waals surface area contributed by atoms with Crippen LogP contribution in [0.2, 0.25) is 0 Å². The Morgan fingerprint density at radius 3 is 3.18 bits per heavy atom. The molecule has 0 saturated carbocycles. The SMILES string of the molecule is CN1CCOC(CN(C)c2nc3c(C(N)=O)[c]ccc3o2)C1. The molecule has 1 aliphatic heterocycles. The smallest absolute Gasteiger partial charge is 0.298 e. The molecule has 0 bridgehead atoms. The van der Waals surface area contributed by atoms with Crippen LogP contribution in [0.1, 0.15) is 10.4 Å². The zero-order valence-corrected chi connectivity index (χ0v) is 12.7. The Labute approximate surface area is 128 Å². The highest BCUT2D eigenvalue weighted by molar-refractivity contribution is 6.03. The second-order valence-corrected chi connectivity index (χ2v) is 5.56. The summed E-state index contributed by atoms with van der Waals surface area (Å²) >= 11 is 0. The van der Waals surface area contributed by atoms with Gasteiger partial charge in [0.15, 0.2) is 5.58 Å². The summed E-state index contributed by atoms with van der Waals surface area (Å²) in [4.78, 5) is 19.9. The van der Waals surface area contributed by atoms with Gasteiger partial charge in [0.2, 0.25) is 0 Å². The minimum Gasteiger partial charge on any atom is -0.423 e. The van der Waals surface area contributed by atoms with Crippen molar-refractivity contribution in [2.75, 3.05) is 45.2 Å². The van der Waals surface area contributed by atoms with Gasteiger partial charge in [0.1, 0.15) is 5.52 Å². The summed E-state index contributed by atoms with van der Waals surface area (Å²) < 4.78 is 11.5. The van der Waals surface area contributed by atoms with Crippen molar-refractivity contribution in [2.45, 2.75) is 6.10 Å². The van der Waals surface area contributed by atoms with Gasteiger partial charge in [-0.05, 0) is 25.2 Å². The average Bonchev–Trinajstić information content (AvgIpc) is 2.91. The number of primary amides is 1. The van der Waals surface area contributed by atoms with Gasteiger partial charge < -0.3 is 24.7 Å². The number of carbonyl (C=O) groups is 1. The number of carbonyl (C=O) groups excluding carboxylic acids is 1. The van der Waals surface area contributed by atoms with Crippen molar-refractivity contribution in [1.29, 1.82) is 0 Å². The predicted octanol–water partition coefficient (Wildman–Crippen LogP) is 0.494. The lowest BCUT2D eigenvalue weighted by atomic mass is 10.2. The van der Waals surface area contributed by atoms with Crippen molar-refractivity contribution in [2.24, 2.45) is 5.73 Å². The first-order valence-electron chi connectivity index (χ1n) is 7.17. The van der Waals surface area contributed by atoms with E-state index in [4.69, 9.17) is 14.9 Å². The van der Waals surface area contributed by atoms with Crippen LogP contribution >= 0.6 is 0 Å². The van der Waals surface area contributed by atoms with Crippen LogP contribution in [0.25, 0.3) is 11.1 Å². The second kappa shape index (κ2) is 5.94. The van der Waals surface area contributed by atoms with Gasteiger partial charge >= 0.3 is 0 Å². The first-order valence-corrected chi connectivity index (χ1v) is 7.17. The summed E-state index contributed by atoms with van der Waals surface area (Å²) in [5.74, 6) is -0.564. The number of anilines is 1. The predicted molar refractivity (Wildman–Crippen MR) is 81.9 cm³/mol. The van der Waals surface area contributed by atoms with Crippen LogP contribution in [-0.4, -0.2) is 62.2 Å². The number of nitrogens with two attached hydrogens (primary N) is 1. The van der Waals surface area contributed by atoms with Gasteiger partial charge in [0.25, 0.3) is 11.9 Å². The largest absolute Gasteiger partial charge is 0.423 e. The number of hydrogen-bond acceptors (Lipinski definition) is 6. The maximum absolute atomic E-state index is 11.4. The van der Waals surface area contributed by atoms with E-state index >= 15 is 0 Å². The maximum Gasteiger partial charge on any atom is 0.298 e. The first-order chi connectivity index (χ1) is 10.5. The van der Waals surface area contributed by atoms with Crippen molar-refractivity contribution >= 4 is 23.0 Å².